The Balaban J connectivity index is 1.78. The summed E-state index contributed by atoms with van der Waals surface area (Å²) < 4.78 is 1.92. The van der Waals surface area contributed by atoms with E-state index in [-0.39, 0.29) is 22.8 Å². The number of carbonyl (C=O) groups excluding carboxylic acids is 1. The van der Waals surface area contributed by atoms with Crippen LogP contribution in [0.25, 0.3) is 0 Å². The van der Waals surface area contributed by atoms with Crippen molar-refractivity contribution in [3.63, 3.8) is 0 Å². The predicted molar refractivity (Wildman–Crippen MR) is 112 cm³/mol. The van der Waals surface area contributed by atoms with E-state index in [0.29, 0.717) is 17.1 Å². The summed E-state index contributed by atoms with van der Waals surface area (Å²) in [6.45, 7) is 0. The van der Waals surface area contributed by atoms with Crippen molar-refractivity contribution in [1.29, 1.82) is 0 Å². The third-order valence-electron chi connectivity index (χ3n) is 4.84. The van der Waals surface area contributed by atoms with Gasteiger partial charge in [-0.2, -0.15) is 11.8 Å². The maximum absolute atomic E-state index is 12.8. The minimum atomic E-state index is -0.136. The lowest BCUT2D eigenvalue weighted by Crippen LogP contribution is -2.22. The molecule has 0 radical (unpaired) electrons. The van der Waals surface area contributed by atoms with Crippen LogP contribution in [0.4, 0.5) is 5.82 Å². The lowest BCUT2D eigenvalue weighted by molar-refractivity contribution is -0.113. The second kappa shape index (κ2) is 7.78. The summed E-state index contributed by atoms with van der Waals surface area (Å²) in [5.41, 5.74) is 1.65. The number of rotatable bonds is 3. The van der Waals surface area contributed by atoms with Crippen LogP contribution in [0.3, 0.4) is 0 Å². The normalized spacial score (nSPS) is 21.1. The largest absolute Gasteiger partial charge is 0.310 e. The summed E-state index contributed by atoms with van der Waals surface area (Å²) in [5, 5.41) is 5.87. The van der Waals surface area contributed by atoms with Gasteiger partial charge in [0.15, 0.2) is 0 Å². The van der Waals surface area contributed by atoms with Gasteiger partial charge in [-0.05, 0) is 48.3 Å². The minimum Gasteiger partial charge on any atom is -0.310 e. The molecule has 5 nitrogen and oxygen atoms in total. The van der Waals surface area contributed by atoms with Crippen molar-refractivity contribution in [1.82, 2.24) is 9.78 Å². The van der Waals surface area contributed by atoms with Crippen molar-refractivity contribution in [2.75, 3.05) is 28.8 Å². The number of anilines is 1. The zero-order chi connectivity index (χ0) is 18.1. The first kappa shape index (κ1) is 18.1. The fourth-order valence-electron chi connectivity index (χ4n) is 3.50. The van der Waals surface area contributed by atoms with Crippen LogP contribution in [-0.2, 0) is 4.79 Å². The monoisotopic (exact) mass is 407 g/mol. The number of hydrogen-bond donors (Lipinski definition) is 2. The Morgan fingerprint density at radius 1 is 1.15 bits per heavy atom. The van der Waals surface area contributed by atoms with E-state index >= 15 is 0 Å². The summed E-state index contributed by atoms with van der Waals surface area (Å²) in [6, 6.07) is 8.53. The van der Waals surface area contributed by atoms with Gasteiger partial charge < -0.3 is 5.32 Å². The second-order valence-corrected chi connectivity index (χ2v) is 9.63. The zero-order valence-electron chi connectivity index (χ0n) is 14.5. The Labute approximate surface area is 165 Å². The quantitative estimate of drug-likeness (QED) is 0.759. The first-order valence-corrected chi connectivity index (χ1v) is 12.1. The van der Waals surface area contributed by atoms with Crippen molar-refractivity contribution in [3.8, 4) is 0 Å². The molecule has 1 aromatic carbocycles. The molecule has 3 heterocycles. The Bertz CT molecular complexity index is 854. The molecule has 1 unspecified atom stereocenters. The summed E-state index contributed by atoms with van der Waals surface area (Å²) in [4.78, 5) is 26.3. The average molecular weight is 408 g/mol. The molecule has 2 aliphatic rings. The Morgan fingerprint density at radius 3 is 2.58 bits per heavy atom. The number of benzene rings is 1. The smallest absolute Gasteiger partial charge is 0.270 e. The van der Waals surface area contributed by atoms with Gasteiger partial charge in [0.25, 0.3) is 5.56 Å². The first-order valence-electron chi connectivity index (χ1n) is 8.65. The van der Waals surface area contributed by atoms with Crippen LogP contribution in [0.5, 0.6) is 0 Å². The van der Waals surface area contributed by atoms with E-state index in [1.165, 1.54) is 16.7 Å². The molecule has 8 heteroatoms. The lowest BCUT2D eigenvalue weighted by Gasteiger charge is -2.24. The van der Waals surface area contributed by atoms with Gasteiger partial charge in [0.1, 0.15) is 5.82 Å². The molecule has 1 atom stereocenters. The van der Waals surface area contributed by atoms with Gasteiger partial charge in [0.05, 0.1) is 22.6 Å². The number of amides is 1. The topological polar surface area (TPSA) is 66.9 Å². The molecule has 1 saturated heterocycles. The van der Waals surface area contributed by atoms with Gasteiger partial charge in [-0.3, -0.25) is 19.4 Å². The molecular weight excluding hydrogens is 386 g/mol. The molecule has 1 fully saturated rings. The SMILES string of the molecule is CSc1ccc(C2SCC(=O)Nc3c2c(=O)[nH]n3C2CCSCC2)cc1. The molecule has 0 bridgehead atoms. The van der Waals surface area contributed by atoms with E-state index in [1.54, 1.807) is 11.8 Å². The lowest BCUT2D eigenvalue weighted by atomic mass is 10.1. The van der Waals surface area contributed by atoms with Gasteiger partial charge in [-0.25, -0.2) is 0 Å². The zero-order valence-corrected chi connectivity index (χ0v) is 16.9. The van der Waals surface area contributed by atoms with Crippen LogP contribution in [0, 0.1) is 0 Å². The molecule has 138 valence electrons. The molecule has 1 aromatic heterocycles. The molecular formula is C18H21N3O2S3. The van der Waals surface area contributed by atoms with E-state index in [0.717, 1.165) is 29.9 Å². The maximum atomic E-state index is 12.8. The number of thioether (sulfide) groups is 3. The molecule has 0 aliphatic carbocycles. The van der Waals surface area contributed by atoms with E-state index < -0.39 is 0 Å². The van der Waals surface area contributed by atoms with E-state index in [2.05, 4.69) is 34.7 Å². The minimum absolute atomic E-state index is 0.0441. The Morgan fingerprint density at radius 2 is 1.88 bits per heavy atom. The highest BCUT2D eigenvalue weighted by atomic mass is 32.2. The highest BCUT2D eigenvalue weighted by Gasteiger charge is 2.32. The van der Waals surface area contributed by atoms with Crippen LogP contribution in [0.1, 0.15) is 35.3 Å². The number of nitrogens with one attached hydrogen (secondary N) is 2. The van der Waals surface area contributed by atoms with Gasteiger partial charge in [0.2, 0.25) is 5.91 Å². The van der Waals surface area contributed by atoms with Crippen LogP contribution < -0.4 is 10.9 Å². The number of H-pyrrole nitrogens is 1. The van der Waals surface area contributed by atoms with Gasteiger partial charge in [-0.1, -0.05) is 12.1 Å². The maximum Gasteiger partial charge on any atom is 0.270 e. The summed E-state index contributed by atoms with van der Waals surface area (Å²) in [6.07, 6.45) is 4.07. The summed E-state index contributed by atoms with van der Waals surface area (Å²) in [5.74, 6) is 3.14. The fourth-order valence-corrected chi connectivity index (χ4v) is 6.12. The molecule has 2 N–H and O–H groups in total. The van der Waals surface area contributed by atoms with Crippen LogP contribution in [0.2, 0.25) is 0 Å². The van der Waals surface area contributed by atoms with Crippen molar-refractivity contribution < 1.29 is 4.79 Å². The average Bonchev–Trinajstić information content (AvgIpc) is 2.88. The molecule has 0 saturated carbocycles. The van der Waals surface area contributed by atoms with Crippen LogP contribution >= 0.6 is 35.3 Å². The van der Waals surface area contributed by atoms with Crippen molar-refractivity contribution in [3.05, 3.63) is 45.7 Å². The molecule has 1 amide bonds. The molecule has 2 aromatic rings. The number of carbonyl (C=O) groups is 1. The van der Waals surface area contributed by atoms with Crippen LogP contribution in [0.15, 0.2) is 34.0 Å². The molecule has 4 rings (SSSR count). The summed E-state index contributed by atoms with van der Waals surface area (Å²) in [7, 11) is 0. The van der Waals surface area contributed by atoms with E-state index in [9.17, 15) is 9.59 Å². The molecule has 0 spiro atoms. The predicted octanol–water partition coefficient (Wildman–Crippen LogP) is 3.74. The molecule has 2 aliphatic heterocycles. The second-order valence-electron chi connectivity index (χ2n) is 6.43. The van der Waals surface area contributed by atoms with Crippen molar-refractivity contribution in [2.45, 2.75) is 29.0 Å². The number of hydrogen-bond acceptors (Lipinski definition) is 5. The highest BCUT2D eigenvalue weighted by Crippen LogP contribution is 2.41. The first-order chi connectivity index (χ1) is 12.7. The van der Waals surface area contributed by atoms with E-state index in [1.807, 2.05) is 22.7 Å². The van der Waals surface area contributed by atoms with Crippen molar-refractivity contribution in [2.24, 2.45) is 0 Å². The summed E-state index contributed by atoms with van der Waals surface area (Å²) >= 11 is 5.16. The number of aromatic nitrogens is 2. The Kier molecular flexibility index (Phi) is 5.42. The van der Waals surface area contributed by atoms with Gasteiger partial charge in [0, 0.05) is 4.90 Å². The van der Waals surface area contributed by atoms with Crippen molar-refractivity contribution >= 4 is 47.0 Å². The number of aromatic amines is 1. The highest BCUT2D eigenvalue weighted by molar-refractivity contribution is 8.00. The Hall–Kier alpha value is -1.25. The van der Waals surface area contributed by atoms with Gasteiger partial charge >= 0.3 is 0 Å². The third-order valence-corrected chi connectivity index (χ3v) is 7.90. The molecule has 26 heavy (non-hydrogen) atoms. The number of nitrogens with zero attached hydrogens (tertiary/aromatic N) is 1. The third kappa shape index (κ3) is 3.46. The van der Waals surface area contributed by atoms with E-state index in [4.69, 9.17) is 0 Å². The number of fused-ring (bicyclic) bond motifs is 1. The van der Waals surface area contributed by atoms with Gasteiger partial charge in [-0.15, -0.1) is 23.5 Å². The standard InChI is InChI=1S/C18H21N3O2S3/c1-24-13-4-2-11(3-5-13)16-15-17(19-14(22)10-26-16)21(20-18(15)23)12-6-8-25-9-7-12/h2-5,12,16H,6-10H2,1H3,(H,19,22)(H,20,23). The fraction of sp³-hybridized carbons (Fsp3) is 0.444. The van der Waals surface area contributed by atoms with Crippen LogP contribution in [-0.4, -0.2) is 39.2 Å².